The van der Waals surface area contributed by atoms with E-state index in [4.69, 9.17) is 0 Å². The number of aromatic nitrogens is 2. The fraction of sp³-hybridized carbons (Fsp3) is 0.200. The van der Waals surface area contributed by atoms with Gasteiger partial charge in [-0.05, 0) is 29.8 Å². The van der Waals surface area contributed by atoms with Gasteiger partial charge in [0, 0.05) is 23.0 Å². The lowest BCUT2D eigenvalue weighted by atomic mass is 9.97. The molecule has 0 saturated carbocycles. The van der Waals surface area contributed by atoms with Crippen molar-refractivity contribution in [3.63, 3.8) is 0 Å². The maximum absolute atomic E-state index is 13.8. The highest BCUT2D eigenvalue weighted by atomic mass is 79.9. The molecule has 0 fully saturated rings. The van der Waals surface area contributed by atoms with Crippen LogP contribution in [0, 0.1) is 11.6 Å². The normalized spacial score (nSPS) is 18.3. The molecule has 1 amide bonds. The molecule has 0 spiro atoms. The van der Waals surface area contributed by atoms with Crippen molar-refractivity contribution in [1.82, 2.24) is 9.78 Å². The van der Waals surface area contributed by atoms with Crippen molar-refractivity contribution in [3.8, 4) is 0 Å². The summed E-state index contributed by atoms with van der Waals surface area (Å²) < 4.78 is 69.5. The van der Waals surface area contributed by atoms with Crippen molar-refractivity contribution in [2.24, 2.45) is 0 Å². The van der Waals surface area contributed by atoms with Crippen LogP contribution in [-0.2, 0) is 0 Å². The van der Waals surface area contributed by atoms with E-state index in [1.165, 1.54) is 6.07 Å². The Morgan fingerprint density at radius 1 is 1.13 bits per heavy atom. The first kappa shape index (κ1) is 21.3. The molecule has 31 heavy (non-hydrogen) atoms. The number of halogens is 6. The minimum absolute atomic E-state index is 0.00576. The number of carbonyl (C=O) groups excluding carboxylic acids is 1. The lowest BCUT2D eigenvalue weighted by molar-refractivity contribution is -0.173. The molecule has 162 valence electrons. The number of hydrogen-bond donors (Lipinski definition) is 2. The number of benzene rings is 2. The molecule has 2 heterocycles. The van der Waals surface area contributed by atoms with Gasteiger partial charge in [-0.25, -0.2) is 13.5 Å². The summed E-state index contributed by atoms with van der Waals surface area (Å²) >= 11 is 3.29. The molecule has 1 aliphatic heterocycles. The lowest BCUT2D eigenvalue weighted by Gasteiger charge is -2.33. The number of carbonyl (C=O) groups is 1. The standard InChI is InChI=1S/C20H14BrF5N4O/c21-11-3-1-10(2-4-11)15-8-17(20(24,25)26)30-18(27-15)9-16(29-30)19(31)28-14-6-5-12(22)7-13(14)23/h1-7,9,15,17,27H,8H2,(H,28,31)/t15-,17-/m1/s1. The van der Waals surface area contributed by atoms with Crippen LogP contribution in [0.4, 0.5) is 33.5 Å². The second-order valence-electron chi connectivity index (χ2n) is 6.98. The predicted octanol–water partition coefficient (Wildman–Crippen LogP) is 5.84. The number of alkyl halides is 3. The Hall–Kier alpha value is -2.95. The van der Waals surface area contributed by atoms with E-state index in [0.717, 1.165) is 16.6 Å². The van der Waals surface area contributed by atoms with Crippen LogP contribution in [0.2, 0.25) is 0 Å². The van der Waals surface area contributed by atoms with Gasteiger partial charge in [0.2, 0.25) is 0 Å². The van der Waals surface area contributed by atoms with Gasteiger partial charge in [-0.2, -0.15) is 18.3 Å². The van der Waals surface area contributed by atoms with Crippen LogP contribution < -0.4 is 10.6 Å². The van der Waals surface area contributed by atoms with E-state index >= 15 is 0 Å². The van der Waals surface area contributed by atoms with Crippen molar-refractivity contribution in [3.05, 3.63) is 75.9 Å². The van der Waals surface area contributed by atoms with E-state index in [1.54, 1.807) is 24.3 Å². The second kappa shape index (κ2) is 7.95. The molecule has 0 aliphatic carbocycles. The molecular formula is C20H14BrF5N4O. The van der Waals surface area contributed by atoms with Crippen molar-refractivity contribution in [2.75, 3.05) is 10.6 Å². The first-order valence-corrected chi connectivity index (χ1v) is 9.86. The Balaban J connectivity index is 1.64. The number of nitrogens with zero attached hydrogens (tertiary/aromatic N) is 2. The third-order valence-corrected chi connectivity index (χ3v) is 5.40. The van der Waals surface area contributed by atoms with Crippen LogP contribution in [0.25, 0.3) is 0 Å². The molecule has 2 aromatic carbocycles. The molecule has 3 aromatic rings. The van der Waals surface area contributed by atoms with E-state index in [1.807, 2.05) is 0 Å². The quantitative estimate of drug-likeness (QED) is 0.444. The van der Waals surface area contributed by atoms with Crippen LogP contribution in [-0.4, -0.2) is 21.9 Å². The summed E-state index contributed by atoms with van der Waals surface area (Å²) in [6.07, 6.45) is -4.93. The zero-order valence-electron chi connectivity index (χ0n) is 15.6. The molecule has 0 radical (unpaired) electrons. The van der Waals surface area contributed by atoms with E-state index in [-0.39, 0.29) is 23.6 Å². The molecule has 1 aromatic heterocycles. The van der Waals surface area contributed by atoms with Crippen LogP contribution >= 0.6 is 15.9 Å². The zero-order chi connectivity index (χ0) is 22.3. The van der Waals surface area contributed by atoms with Gasteiger partial charge < -0.3 is 10.6 Å². The number of fused-ring (bicyclic) bond motifs is 1. The summed E-state index contributed by atoms with van der Waals surface area (Å²) in [4.78, 5) is 12.5. The van der Waals surface area contributed by atoms with Crippen molar-refractivity contribution >= 4 is 33.3 Å². The van der Waals surface area contributed by atoms with E-state index in [2.05, 4.69) is 31.7 Å². The maximum Gasteiger partial charge on any atom is 0.410 e. The highest BCUT2D eigenvalue weighted by Gasteiger charge is 2.46. The average Bonchev–Trinajstić information content (AvgIpc) is 3.13. The Morgan fingerprint density at radius 2 is 1.84 bits per heavy atom. The van der Waals surface area contributed by atoms with Crippen LogP contribution in [0.15, 0.2) is 53.0 Å². The minimum atomic E-state index is -4.60. The Morgan fingerprint density at radius 3 is 2.48 bits per heavy atom. The average molecular weight is 501 g/mol. The van der Waals surface area contributed by atoms with Gasteiger partial charge in [-0.1, -0.05) is 28.1 Å². The van der Waals surface area contributed by atoms with Gasteiger partial charge in [-0.15, -0.1) is 0 Å². The Labute approximate surface area is 181 Å². The van der Waals surface area contributed by atoms with E-state index < -0.39 is 35.8 Å². The molecule has 0 bridgehead atoms. The molecule has 0 saturated heterocycles. The van der Waals surface area contributed by atoms with Gasteiger partial charge in [-0.3, -0.25) is 4.79 Å². The van der Waals surface area contributed by atoms with Crippen molar-refractivity contribution in [2.45, 2.75) is 24.7 Å². The first-order valence-electron chi connectivity index (χ1n) is 9.06. The molecule has 4 rings (SSSR count). The third kappa shape index (κ3) is 4.41. The molecule has 2 N–H and O–H groups in total. The Bertz CT molecular complexity index is 1130. The predicted molar refractivity (Wildman–Crippen MR) is 107 cm³/mol. The number of hydrogen-bond acceptors (Lipinski definition) is 3. The molecule has 5 nitrogen and oxygen atoms in total. The maximum atomic E-state index is 13.8. The molecule has 0 unspecified atom stereocenters. The number of nitrogens with one attached hydrogen (secondary N) is 2. The van der Waals surface area contributed by atoms with Gasteiger partial charge in [0.05, 0.1) is 11.7 Å². The summed E-state index contributed by atoms with van der Waals surface area (Å²) in [5, 5.41) is 8.97. The first-order chi connectivity index (χ1) is 14.6. The van der Waals surface area contributed by atoms with Crippen LogP contribution in [0.3, 0.4) is 0 Å². The fourth-order valence-corrected chi connectivity index (χ4v) is 3.64. The molecular weight excluding hydrogens is 487 g/mol. The Kier molecular flexibility index (Phi) is 5.46. The minimum Gasteiger partial charge on any atom is -0.363 e. The van der Waals surface area contributed by atoms with Gasteiger partial charge in [0.1, 0.15) is 17.5 Å². The molecule has 1 aliphatic rings. The largest absolute Gasteiger partial charge is 0.410 e. The van der Waals surface area contributed by atoms with Gasteiger partial charge in [0.25, 0.3) is 5.91 Å². The van der Waals surface area contributed by atoms with Crippen LogP contribution in [0.5, 0.6) is 0 Å². The van der Waals surface area contributed by atoms with Gasteiger partial charge >= 0.3 is 6.18 Å². The highest BCUT2D eigenvalue weighted by Crippen LogP contribution is 2.43. The SMILES string of the molecule is O=C(Nc1ccc(F)cc1F)c1cc2n(n1)[C@@H](C(F)(F)F)C[C@H](c1ccc(Br)cc1)N2. The summed E-state index contributed by atoms with van der Waals surface area (Å²) in [6, 6.07) is 7.94. The topological polar surface area (TPSA) is 59.0 Å². The summed E-state index contributed by atoms with van der Waals surface area (Å²) in [7, 11) is 0. The van der Waals surface area contributed by atoms with Crippen molar-refractivity contribution < 1.29 is 26.7 Å². The molecule has 11 heteroatoms. The van der Waals surface area contributed by atoms with Gasteiger partial charge in [0.15, 0.2) is 11.7 Å². The fourth-order valence-electron chi connectivity index (χ4n) is 3.38. The second-order valence-corrected chi connectivity index (χ2v) is 7.89. The zero-order valence-corrected chi connectivity index (χ0v) is 17.1. The smallest absolute Gasteiger partial charge is 0.363 e. The number of rotatable bonds is 3. The monoisotopic (exact) mass is 500 g/mol. The van der Waals surface area contributed by atoms with Crippen LogP contribution in [0.1, 0.15) is 34.6 Å². The lowest BCUT2D eigenvalue weighted by Crippen LogP contribution is -2.35. The van der Waals surface area contributed by atoms with E-state index in [9.17, 15) is 26.7 Å². The summed E-state index contributed by atoms with van der Waals surface area (Å²) in [6.45, 7) is 0. The third-order valence-electron chi connectivity index (χ3n) is 4.87. The number of amides is 1. The highest BCUT2D eigenvalue weighted by molar-refractivity contribution is 9.10. The number of anilines is 2. The van der Waals surface area contributed by atoms with E-state index in [0.29, 0.717) is 16.3 Å². The summed E-state index contributed by atoms with van der Waals surface area (Å²) in [5.41, 5.74) is -0.00772. The van der Waals surface area contributed by atoms with Crippen molar-refractivity contribution in [1.29, 1.82) is 0 Å². The summed E-state index contributed by atoms with van der Waals surface area (Å²) in [5.74, 6) is -2.76. The molecule has 2 atom stereocenters.